The number of rotatable bonds is 4. The Hall–Kier alpha value is -2.13. The SMILES string of the molecule is Cc1cc(=O)c2c(O)c(CN3CCN(C)CC3)c(O)c(C3CCNCC3CO)c2o1. The molecule has 2 aliphatic rings. The minimum atomic E-state index is -0.318. The maximum Gasteiger partial charge on any atom is 0.196 e. The van der Waals surface area contributed by atoms with Crippen LogP contribution < -0.4 is 10.7 Å². The summed E-state index contributed by atoms with van der Waals surface area (Å²) in [4.78, 5) is 17.2. The molecule has 30 heavy (non-hydrogen) atoms. The zero-order valence-corrected chi connectivity index (χ0v) is 17.6. The van der Waals surface area contributed by atoms with E-state index in [2.05, 4.69) is 22.2 Å². The molecule has 8 nitrogen and oxygen atoms in total. The van der Waals surface area contributed by atoms with E-state index < -0.39 is 0 Å². The van der Waals surface area contributed by atoms with Crippen LogP contribution in [0.4, 0.5) is 0 Å². The Labute approximate surface area is 175 Å². The van der Waals surface area contributed by atoms with Gasteiger partial charge in [-0.25, -0.2) is 0 Å². The van der Waals surface area contributed by atoms with Gasteiger partial charge >= 0.3 is 0 Å². The normalized spacial score (nSPS) is 23.8. The molecule has 0 spiro atoms. The van der Waals surface area contributed by atoms with Crippen molar-refractivity contribution in [3.8, 4) is 11.5 Å². The number of aromatic hydroxyl groups is 2. The molecule has 2 aliphatic heterocycles. The summed E-state index contributed by atoms with van der Waals surface area (Å²) in [5.74, 6) is -0.0736. The molecule has 0 saturated carbocycles. The van der Waals surface area contributed by atoms with E-state index in [1.165, 1.54) is 6.07 Å². The first-order valence-corrected chi connectivity index (χ1v) is 10.6. The highest BCUT2D eigenvalue weighted by Crippen LogP contribution is 2.46. The summed E-state index contributed by atoms with van der Waals surface area (Å²) < 4.78 is 5.90. The molecule has 1 aromatic heterocycles. The largest absolute Gasteiger partial charge is 0.507 e. The van der Waals surface area contributed by atoms with Gasteiger partial charge in [-0.1, -0.05) is 0 Å². The number of phenolic OH excluding ortho intramolecular Hbond substituents is 2. The van der Waals surface area contributed by atoms with E-state index in [-0.39, 0.29) is 46.3 Å². The van der Waals surface area contributed by atoms with E-state index in [0.29, 0.717) is 36.4 Å². The molecule has 4 N–H and O–H groups in total. The quantitative estimate of drug-likeness (QED) is 0.582. The smallest absolute Gasteiger partial charge is 0.196 e. The van der Waals surface area contributed by atoms with Crippen LogP contribution in [-0.4, -0.2) is 78.0 Å². The van der Waals surface area contributed by atoms with Gasteiger partial charge in [0.15, 0.2) is 5.43 Å². The van der Waals surface area contributed by atoms with Gasteiger partial charge < -0.3 is 30.0 Å². The van der Waals surface area contributed by atoms with Crippen LogP contribution in [0.5, 0.6) is 11.5 Å². The number of piperazine rings is 1. The number of nitrogens with one attached hydrogen (secondary N) is 1. The summed E-state index contributed by atoms with van der Waals surface area (Å²) in [7, 11) is 2.07. The molecule has 8 heteroatoms. The number of hydrogen-bond donors (Lipinski definition) is 4. The molecule has 2 fully saturated rings. The molecule has 2 aromatic rings. The van der Waals surface area contributed by atoms with Crippen molar-refractivity contribution in [3.05, 3.63) is 33.2 Å². The predicted octanol–water partition coefficient (Wildman–Crippen LogP) is 0.945. The Morgan fingerprint density at radius 1 is 1.20 bits per heavy atom. The molecule has 0 bridgehead atoms. The number of aryl methyl sites for hydroxylation is 1. The standard InChI is InChI=1S/C22H31N3O5/c1-13-9-17(27)19-21(29)16(11-25-7-5-24(2)6-8-25)20(28)18(22(19)30-13)15-3-4-23-10-14(15)12-26/h9,14-15,23,26,28-29H,3-8,10-12H2,1-2H3. The molecule has 2 saturated heterocycles. The second kappa shape index (κ2) is 8.55. The van der Waals surface area contributed by atoms with Crippen molar-refractivity contribution in [2.45, 2.75) is 25.8 Å². The lowest BCUT2D eigenvalue weighted by atomic mass is 9.79. The Bertz CT molecular complexity index is 981. The summed E-state index contributed by atoms with van der Waals surface area (Å²) in [5, 5.41) is 35.7. The van der Waals surface area contributed by atoms with Gasteiger partial charge in [0.2, 0.25) is 0 Å². The van der Waals surface area contributed by atoms with E-state index in [0.717, 1.165) is 32.7 Å². The minimum absolute atomic E-state index is 0.0157. The highest BCUT2D eigenvalue weighted by Gasteiger charge is 2.34. The van der Waals surface area contributed by atoms with Gasteiger partial charge in [0.1, 0.15) is 28.2 Å². The molecule has 2 unspecified atom stereocenters. The number of benzene rings is 1. The summed E-state index contributed by atoms with van der Waals surface area (Å²) in [6.45, 7) is 6.81. The number of likely N-dealkylation sites (N-methyl/N-ethyl adjacent to an activating group) is 1. The Morgan fingerprint density at radius 3 is 2.63 bits per heavy atom. The van der Waals surface area contributed by atoms with E-state index in [1.807, 2.05) is 0 Å². The van der Waals surface area contributed by atoms with Crippen LogP contribution in [0.2, 0.25) is 0 Å². The highest BCUT2D eigenvalue weighted by molar-refractivity contribution is 5.90. The molecular weight excluding hydrogens is 386 g/mol. The van der Waals surface area contributed by atoms with Crippen molar-refractivity contribution in [2.24, 2.45) is 5.92 Å². The number of hydrogen-bond acceptors (Lipinski definition) is 8. The van der Waals surface area contributed by atoms with Crippen molar-refractivity contribution < 1.29 is 19.7 Å². The lowest BCUT2D eigenvalue weighted by molar-refractivity contribution is 0.146. The van der Waals surface area contributed by atoms with E-state index in [9.17, 15) is 20.1 Å². The van der Waals surface area contributed by atoms with E-state index >= 15 is 0 Å². The van der Waals surface area contributed by atoms with Gasteiger partial charge in [0, 0.05) is 63.4 Å². The Morgan fingerprint density at radius 2 is 1.93 bits per heavy atom. The summed E-state index contributed by atoms with van der Waals surface area (Å²) in [5.41, 5.74) is 0.825. The molecule has 0 radical (unpaired) electrons. The number of piperidine rings is 1. The monoisotopic (exact) mass is 417 g/mol. The minimum Gasteiger partial charge on any atom is -0.507 e. The van der Waals surface area contributed by atoms with Crippen LogP contribution in [0.3, 0.4) is 0 Å². The van der Waals surface area contributed by atoms with Gasteiger partial charge in [-0.15, -0.1) is 0 Å². The zero-order chi connectivity index (χ0) is 21.4. The predicted molar refractivity (Wildman–Crippen MR) is 114 cm³/mol. The lowest BCUT2D eigenvalue weighted by Gasteiger charge is -2.34. The molecule has 2 atom stereocenters. The molecular formula is C22H31N3O5. The topological polar surface area (TPSA) is 109 Å². The van der Waals surface area contributed by atoms with Crippen LogP contribution in [-0.2, 0) is 6.54 Å². The first-order chi connectivity index (χ1) is 14.4. The van der Waals surface area contributed by atoms with Gasteiger partial charge in [0.25, 0.3) is 0 Å². The number of fused-ring (bicyclic) bond motifs is 1. The second-order valence-corrected chi connectivity index (χ2v) is 8.64. The fraction of sp³-hybridized carbons (Fsp3) is 0.591. The van der Waals surface area contributed by atoms with E-state index in [4.69, 9.17) is 4.42 Å². The maximum atomic E-state index is 12.8. The van der Waals surface area contributed by atoms with Crippen LogP contribution >= 0.6 is 0 Å². The number of aliphatic hydroxyl groups is 1. The van der Waals surface area contributed by atoms with Crippen molar-refractivity contribution in [1.29, 1.82) is 0 Å². The van der Waals surface area contributed by atoms with Gasteiger partial charge in [-0.3, -0.25) is 9.69 Å². The third-order valence-electron chi connectivity index (χ3n) is 6.57. The molecule has 3 heterocycles. The fourth-order valence-electron chi connectivity index (χ4n) is 4.78. The Balaban J connectivity index is 1.89. The lowest BCUT2D eigenvalue weighted by Crippen LogP contribution is -2.44. The summed E-state index contributed by atoms with van der Waals surface area (Å²) in [6.07, 6.45) is 0.699. The summed E-state index contributed by atoms with van der Waals surface area (Å²) in [6, 6.07) is 1.37. The summed E-state index contributed by atoms with van der Waals surface area (Å²) >= 11 is 0. The fourth-order valence-corrected chi connectivity index (χ4v) is 4.78. The van der Waals surface area contributed by atoms with Crippen molar-refractivity contribution >= 4 is 11.0 Å². The van der Waals surface area contributed by atoms with Crippen molar-refractivity contribution in [2.75, 3.05) is 52.9 Å². The maximum absolute atomic E-state index is 12.8. The Kier molecular flexibility index (Phi) is 6.02. The zero-order valence-electron chi connectivity index (χ0n) is 17.6. The van der Waals surface area contributed by atoms with Crippen LogP contribution in [0, 0.1) is 12.8 Å². The van der Waals surface area contributed by atoms with Gasteiger partial charge in [-0.2, -0.15) is 0 Å². The first kappa shape index (κ1) is 21.1. The average Bonchev–Trinajstić information content (AvgIpc) is 2.72. The highest BCUT2D eigenvalue weighted by atomic mass is 16.3. The first-order valence-electron chi connectivity index (χ1n) is 10.6. The average molecular weight is 418 g/mol. The molecule has 0 amide bonds. The van der Waals surface area contributed by atoms with Crippen LogP contribution in [0.15, 0.2) is 15.3 Å². The number of aliphatic hydroxyl groups excluding tert-OH is 1. The number of nitrogens with zero attached hydrogens (tertiary/aromatic N) is 2. The number of phenols is 2. The van der Waals surface area contributed by atoms with Crippen molar-refractivity contribution in [3.63, 3.8) is 0 Å². The molecule has 0 aliphatic carbocycles. The van der Waals surface area contributed by atoms with Crippen LogP contribution in [0.25, 0.3) is 11.0 Å². The molecule has 1 aromatic carbocycles. The molecule has 164 valence electrons. The van der Waals surface area contributed by atoms with Gasteiger partial charge in [-0.05, 0) is 32.9 Å². The third kappa shape index (κ3) is 3.80. The molecule has 4 rings (SSSR count). The van der Waals surface area contributed by atoms with Crippen molar-refractivity contribution in [1.82, 2.24) is 15.1 Å². The second-order valence-electron chi connectivity index (χ2n) is 8.64. The van der Waals surface area contributed by atoms with E-state index in [1.54, 1.807) is 6.92 Å². The van der Waals surface area contributed by atoms with Crippen LogP contribution in [0.1, 0.15) is 29.2 Å². The third-order valence-corrected chi connectivity index (χ3v) is 6.57. The van der Waals surface area contributed by atoms with Gasteiger partial charge in [0.05, 0.1) is 5.56 Å².